The van der Waals surface area contributed by atoms with Gasteiger partial charge in [-0.15, -0.1) is 6.58 Å². The number of nitrogens with zero attached hydrogens (tertiary/aromatic N) is 1. The molecule has 0 aromatic heterocycles. The fourth-order valence-electron chi connectivity index (χ4n) is 7.08. The van der Waals surface area contributed by atoms with Crippen LogP contribution in [0, 0.1) is 0 Å². The highest BCUT2D eigenvalue weighted by Gasteiger charge is 2.17. The van der Waals surface area contributed by atoms with Crippen LogP contribution in [0.2, 0.25) is 0 Å². The van der Waals surface area contributed by atoms with Gasteiger partial charge in [0.1, 0.15) is 0 Å². The lowest BCUT2D eigenvalue weighted by Crippen LogP contribution is -2.15. The summed E-state index contributed by atoms with van der Waals surface area (Å²) in [6.45, 7) is 24.3. The summed E-state index contributed by atoms with van der Waals surface area (Å²) in [5, 5.41) is 3.69. The third-order valence-corrected chi connectivity index (χ3v) is 10.4. The zero-order valence-corrected chi connectivity index (χ0v) is 42.5. The predicted molar refractivity (Wildman–Crippen MR) is 310 cm³/mol. The molecule has 1 heterocycles. The second-order valence-corrected chi connectivity index (χ2v) is 15.7. The molecule has 5 rings (SSSR count). The number of anilines is 4. The molecule has 4 aromatic rings. The van der Waals surface area contributed by atoms with Crippen molar-refractivity contribution in [2.45, 2.75) is 86.5 Å². The van der Waals surface area contributed by atoms with E-state index in [4.69, 9.17) is 11.5 Å². The first kappa shape index (κ1) is 57.6. The number of benzene rings is 4. The topological polar surface area (TPSA) is 67.3 Å². The Morgan fingerprint density at radius 1 is 0.696 bits per heavy atom. The second kappa shape index (κ2) is 36.5. The van der Waals surface area contributed by atoms with Crippen LogP contribution in [0.25, 0.3) is 5.57 Å². The van der Waals surface area contributed by atoms with Crippen LogP contribution < -0.4 is 21.7 Å². The van der Waals surface area contributed by atoms with Gasteiger partial charge in [0.2, 0.25) is 0 Å². The third-order valence-electron chi connectivity index (χ3n) is 10.4. The van der Waals surface area contributed by atoms with Gasteiger partial charge in [-0.2, -0.15) is 0 Å². The molecule has 360 valence electrons. The summed E-state index contributed by atoms with van der Waals surface area (Å²) in [6, 6.07) is 34.8. The fourth-order valence-corrected chi connectivity index (χ4v) is 7.08. The summed E-state index contributed by atoms with van der Waals surface area (Å²) in [4.78, 5) is 2.26. The van der Waals surface area contributed by atoms with E-state index in [1.807, 2.05) is 82.4 Å². The fraction of sp³-hybridized carbons (Fsp3) is 0.200. The lowest BCUT2D eigenvalue weighted by atomic mass is 9.96. The number of aryl methyl sites for hydroxylation is 1. The molecule has 0 bridgehead atoms. The van der Waals surface area contributed by atoms with Crippen LogP contribution in [-0.2, 0) is 19.3 Å². The van der Waals surface area contributed by atoms with Gasteiger partial charge in [0.05, 0.1) is 0 Å². The summed E-state index contributed by atoms with van der Waals surface area (Å²) in [5.74, 6) is 0. The van der Waals surface area contributed by atoms with Crippen molar-refractivity contribution in [3.05, 3.63) is 284 Å². The van der Waals surface area contributed by atoms with E-state index in [-0.39, 0.29) is 0 Å². The first-order chi connectivity index (χ1) is 33.8. The number of hydrogen-bond donors (Lipinski definition) is 3. The van der Waals surface area contributed by atoms with Crippen LogP contribution in [0.4, 0.5) is 22.7 Å². The maximum Gasteiger partial charge on any atom is 0.0496 e. The number of hydrogen-bond acceptors (Lipinski definition) is 4. The first-order valence-corrected chi connectivity index (χ1v) is 24.4. The molecule has 0 fully saturated rings. The van der Waals surface area contributed by atoms with Crippen LogP contribution >= 0.6 is 0 Å². The van der Waals surface area contributed by atoms with E-state index in [0.29, 0.717) is 0 Å². The summed E-state index contributed by atoms with van der Waals surface area (Å²) in [7, 11) is 0. The van der Waals surface area contributed by atoms with E-state index >= 15 is 0 Å². The van der Waals surface area contributed by atoms with Crippen molar-refractivity contribution in [2.24, 2.45) is 11.5 Å². The largest absolute Gasteiger partial charge is 0.405 e. The Labute approximate surface area is 418 Å². The smallest absolute Gasteiger partial charge is 0.0496 e. The zero-order valence-electron chi connectivity index (χ0n) is 42.5. The zero-order chi connectivity index (χ0) is 50.3. The Hall–Kier alpha value is -7.56. The minimum Gasteiger partial charge on any atom is -0.405 e. The molecule has 1 aliphatic heterocycles. The number of unbranched alkanes of at least 4 members (excludes halogenated alkanes) is 3. The van der Waals surface area contributed by atoms with E-state index in [9.17, 15) is 0 Å². The van der Waals surface area contributed by atoms with Gasteiger partial charge in [0.25, 0.3) is 0 Å². The summed E-state index contributed by atoms with van der Waals surface area (Å²) >= 11 is 0. The van der Waals surface area contributed by atoms with Gasteiger partial charge < -0.3 is 21.7 Å². The van der Waals surface area contributed by atoms with Crippen molar-refractivity contribution < 1.29 is 0 Å². The van der Waals surface area contributed by atoms with Gasteiger partial charge in [0, 0.05) is 34.0 Å². The van der Waals surface area contributed by atoms with Gasteiger partial charge in [-0.1, -0.05) is 211 Å². The highest BCUT2D eigenvalue weighted by atomic mass is 15.1. The third kappa shape index (κ3) is 22.2. The molecule has 0 amide bonds. The van der Waals surface area contributed by atoms with Gasteiger partial charge >= 0.3 is 0 Å². The van der Waals surface area contributed by atoms with Crippen LogP contribution in [0.1, 0.15) is 89.5 Å². The van der Waals surface area contributed by atoms with Gasteiger partial charge in [-0.05, 0) is 147 Å². The van der Waals surface area contributed by atoms with Crippen LogP contribution in [0.5, 0.6) is 0 Å². The summed E-state index contributed by atoms with van der Waals surface area (Å²) < 4.78 is 0. The lowest BCUT2D eigenvalue weighted by Gasteiger charge is -2.27. The van der Waals surface area contributed by atoms with Gasteiger partial charge in [-0.25, -0.2) is 0 Å². The number of fused-ring (bicyclic) bond motifs is 1. The molecular weight excluding hydrogens is 837 g/mol. The standard InChI is InChI=1S/C53H57N3.C7H11N.C3H6.C2H6/c1-5-7-8-14-22-44-29-36-49(37-30-44)55-52-26-18-17-25-51(52)42(3)41-48(21-6-2)46-33-28-43(4)56(53-27-19-16-24-47(53)35-34-46)50-38-31-45(32-39-50)23-15-12-10-9-11-13-20-40-54;1-2-3-4-5-6-7-8;1-3-2;1-2/h6,9-13,15-21,24-34,36-41,55H,2,4-5,7-8,14,22-23,35,54H2,1,3H3;2-7H,8H2,1H3;3H,1H2,2H3;1-2H3/b10-9+,13-11-,15-12+,33-28-,40-20-,42-41+,46-34+,48-21+;3-2+,5-4-,7-6-;;. The van der Waals surface area contributed by atoms with E-state index in [1.165, 1.54) is 54.8 Å². The molecule has 5 N–H and O–H groups in total. The number of para-hydroxylation sites is 2. The SMILES string of the molecule is C/C=C/C=C\C=C/N.C=C/C=C(\C=C(/C)c1ccccc1Nc1ccc(CCCCCC)cc1)C1=C/Cc2ccccc2N(c2ccc(C/C=C/C=C/C=C\C=C/N)cc2)C(=C)/C=C\1.C=CC.CC. The molecule has 0 radical (unpaired) electrons. The quantitative estimate of drug-likeness (QED) is 0.0498. The Kier molecular flexibility index (Phi) is 30.5. The second-order valence-electron chi connectivity index (χ2n) is 15.7. The van der Waals surface area contributed by atoms with Crippen molar-refractivity contribution in [2.75, 3.05) is 10.2 Å². The Morgan fingerprint density at radius 3 is 1.96 bits per heavy atom. The highest BCUT2D eigenvalue weighted by Crippen LogP contribution is 2.36. The van der Waals surface area contributed by atoms with Crippen molar-refractivity contribution in [1.29, 1.82) is 0 Å². The Bertz CT molecular complexity index is 2440. The van der Waals surface area contributed by atoms with Crippen LogP contribution in [0.3, 0.4) is 0 Å². The molecular formula is C65H80N4. The molecule has 0 spiro atoms. The number of nitrogens with one attached hydrogen (secondary N) is 1. The maximum absolute atomic E-state index is 5.37. The van der Waals surface area contributed by atoms with Crippen molar-refractivity contribution in [3.63, 3.8) is 0 Å². The highest BCUT2D eigenvalue weighted by molar-refractivity contribution is 5.81. The molecule has 0 atom stereocenters. The minimum atomic E-state index is 0.766. The average molecular weight is 917 g/mol. The molecule has 0 unspecified atom stereocenters. The molecule has 4 heteroatoms. The van der Waals surface area contributed by atoms with E-state index in [2.05, 4.69) is 183 Å². The molecule has 1 aliphatic rings. The normalized spacial score (nSPS) is 14.3. The molecule has 0 aliphatic carbocycles. The van der Waals surface area contributed by atoms with Gasteiger partial charge in [-0.3, -0.25) is 0 Å². The van der Waals surface area contributed by atoms with Crippen molar-refractivity contribution in [1.82, 2.24) is 0 Å². The number of nitrogens with two attached hydrogens (primary N) is 2. The maximum atomic E-state index is 5.37. The van der Waals surface area contributed by atoms with Crippen molar-refractivity contribution in [3.8, 4) is 0 Å². The Balaban J connectivity index is 0.00000111. The molecule has 69 heavy (non-hydrogen) atoms. The molecule has 0 saturated heterocycles. The monoisotopic (exact) mass is 917 g/mol. The summed E-state index contributed by atoms with van der Waals surface area (Å²) in [6.07, 6.45) is 48.9. The van der Waals surface area contributed by atoms with Crippen LogP contribution in [0.15, 0.2) is 261 Å². The van der Waals surface area contributed by atoms with Crippen molar-refractivity contribution >= 4 is 28.3 Å². The number of allylic oxidation sites excluding steroid dienone is 22. The number of rotatable bonds is 19. The first-order valence-electron chi connectivity index (χ1n) is 24.4. The minimum absolute atomic E-state index is 0.766. The molecule has 0 saturated carbocycles. The van der Waals surface area contributed by atoms with Crippen LogP contribution in [-0.4, -0.2) is 0 Å². The van der Waals surface area contributed by atoms with E-state index in [1.54, 1.807) is 18.2 Å². The predicted octanol–water partition coefficient (Wildman–Crippen LogP) is 18.0. The molecule has 4 nitrogen and oxygen atoms in total. The molecule has 4 aromatic carbocycles. The van der Waals surface area contributed by atoms with Gasteiger partial charge in [0.15, 0.2) is 0 Å². The van der Waals surface area contributed by atoms with E-state index < -0.39 is 0 Å². The average Bonchev–Trinajstić information content (AvgIpc) is 3.44. The Morgan fingerprint density at radius 2 is 1.30 bits per heavy atom. The summed E-state index contributed by atoms with van der Waals surface area (Å²) in [5.41, 5.74) is 24.1. The van der Waals surface area contributed by atoms with E-state index in [0.717, 1.165) is 70.0 Å². The lowest BCUT2D eigenvalue weighted by molar-refractivity contribution is 0.667.